The molecule has 94 valence electrons. The summed E-state index contributed by atoms with van der Waals surface area (Å²) in [6, 6.07) is 1.62. The second-order valence-corrected chi connectivity index (χ2v) is 6.24. The molecule has 1 aliphatic heterocycles. The van der Waals surface area contributed by atoms with Crippen molar-refractivity contribution in [3.05, 3.63) is 0 Å². The quantitative estimate of drug-likeness (QED) is 0.775. The van der Waals surface area contributed by atoms with Crippen LogP contribution >= 0.6 is 0 Å². The third-order valence-corrected chi connectivity index (χ3v) is 4.61. The van der Waals surface area contributed by atoms with Crippen LogP contribution in [0.3, 0.4) is 0 Å². The molecule has 2 heteroatoms. The zero-order valence-corrected chi connectivity index (χ0v) is 11.2. The third-order valence-electron chi connectivity index (χ3n) is 4.61. The Morgan fingerprint density at radius 3 is 2.38 bits per heavy atom. The van der Waals surface area contributed by atoms with Crippen molar-refractivity contribution >= 4 is 0 Å². The Morgan fingerprint density at radius 1 is 0.938 bits per heavy atom. The average Bonchev–Trinajstić information content (AvgIpc) is 2.28. The Bertz CT molecular complexity index is 195. The summed E-state index contributed by atoms with van der Waals surface area (Å²) in [4.78, 5) is 2.68. The highest BCUT2D eigenvalue weighted by Gasteiger charge is 2.29. The lowest BCUT2D eigenvalue weighted by atomic mass is 9.85. The van der Waals surface area contributed by atoms with Crippen molar-refractivity contribution in [1.82, 2.24) is 10.2 Å². The van der Waals surface area contributed by atoms with E-state index < -0.39 is 0 Å². The zero-order valence-electron chi connectivity index (χ0n) is 11.2. The topological polar surface area (TPSA) is 15.3 Å². The Labute approximate surface area is 101 Å². The van der Waals surface area contributed by atoms with E-state index in [1.165, 1.54) is 45.2 Å². The molecule has 0 amide bonds. The molecule has 2 fully saturated rings. The number of rotatable bonds is 2. The summed E-state index contributed by atoms with van der Waals surface area (Å²) in [5, 5.41) is 3.57. The molecule has 0 spiro atoms. The van der Waals surface area contributed by atoms with Crippen molar-refractivity contribution in [2.75, 3.05) is 20.1 Å². The molecule has 0 aromatic heterocycles. The second kappa shape index (κ2) is 5.50. The van der Waals surface area contributed by atoms with Gasteiger partial charge in [-0.25, -0.2) is 0 Å². The Balaban J connectivity index is 1.87. The molecule has 0 aromatic rings. The van der Waals surface area contributed by atoms with E-state index in [0.717, 1.165) is 23.9 Å². The van der Waals surface area contributed by atoms with Gasteiger partial charge in [-0.15, -0.1) is 0 Å². The Kier molecular flexibility index (Phi) is 4.26. The van der Waals surface area contributed by atoms with Crippen molar-refractivity contribution in [1.29, 1.82) is 0 Å². The van der Waals surface area contributed by atoms with Crippen LogP contribution in [0.25, 0.3) is 0 Å². The second-order valence-electron chi connectivity index (χ2n) is 6.24. The lowest BCUT2D eigenvalue weighted by molar-refractivity contribution is 0.0910. The van der Waals surface area contributed by atoms with Crippen molar-refractivity contribution in [2.24, 2.45) is 11.8 Å². The first-order valence-corrected chi connectivity index (χ1v) is 7.09. The van der Waals surface area contributed by atoms with E-state index in [1.54, 1.807) is 0 Å². The van der Waals surface area contributed by atoms with E-state index in [1.807, 2.05) is 0 Å². The van der Waals surface area contributed by atoms with Crippen LogP contribution in [0.15, 0.2) is 0 Å². The van der Waals surface area contributed by atoms with Gasteiger partial charge in [0.2, 0.25) is 0 Å². The van der Waals surface area contributed by atoms with Crippen molar-refractivity contribution < 1.29 is 0 Å². The highest BCUT2D eigenvalue weighted by molar-refractivity contribution is 4.86. The summed E-state index contributed by atoms with van der Waals surface area (Å²) in [7, 11) is 2.35. The van der Waals surface area contributed by atoms with E-state index in [4.69, 9.17) is 0 Å². The van der Waals surface area contributed by atoms with Gasteiger partial charge in [0.1, 0.15) is 0 Å². The van der Waals surface area contributed by atoms with Crippen molar-refractivity contribution in [2.45, 2.75) is 58.0 Å². The molecule has 16 heavy (non-hydrogen) atoms. The Morgan fingerprint density at radius 2 is 1.69 bits per heavy atom. The summed E-state index contributed by atoms with van der Waals surface area (Å²) in [5.74, 6) is 1.79. The molecule has 1 heterocycles. The van der Waals surface area contributed by atoms with Crippen LogP contribution in [0.5, 0.6) is 0 Å². The number of nitrogens with zero attached hydrogens (tertiary/aromatic N) is 1. The van der Waals surface area contributed by atoms with E-state index in [9.17, 15) is 0 Å². The molecule has 1 saturated heterocycles. The molecule has 2 aliphatic rings. The maximum atomic E-state index is 3.57. The van der Waals surface area contributed by atoms with Gasteiger partial charge in [0.15, 0.2) is 0 Å². The minimum absolute atomic E-state index is 0.777. The molecule has 0 aromatic carbocycles. The molecular formula is C14H28N2. The van der Waals surface area contributed by atoms with Gasteiger partial charge >= 0.3 is 0 Å². The third kappa shape index (κ3) is 2.98. The summed E-state index contributed by atoms with van der Waals surface area (Å²) in [5.41, 5.74) is 0. The monoisotopic (exact) mass is 224 g/mol. The summed E-state index contributed by atoms with van der Waals surface area (Å²) in [6.07, 6.45) is 7.11. The number of piperidine rings is 1. The van der Waals surface area contributed by atoms with Gasteiger partial charge in [-0.3, -0.25) is 4.90 Å². The van der Waals surface area contributed by atoms with Crippen LogP contribution < -0.4 is 5.32 Å². The van der Waals surface area contributed by atoms with E-state index >= 15 is 0 Å². The molecule has 4 atom stereocenters. The maximum absolute atomic E-state index is 3.57. The first-order chi connectivity index (χ1) is 7.66. The number of likely N-dealkylation sites (N-methyl/N-ethyl adjacent to an activating group) is 1. The van der Waals surface area contributed by atoms with Crippen LogP contribution in [0, 0.1) is 11.8 Å². The first kappa shape index (κ1) is 12.4. The lowest BCUT2D eigenvalue weighted by Crippen LogP contribution is -2.51. The predicted octanol–water partition coefficient (Wildman–Crippen LogP) is 2.49. The zero-order chi connectivity index (χ0) is 11.5. The first-order valence-electron chi connectivity index (χ1n) is 7.09. The van der Waals surface area contributed by atoms with Crippen molar-refractivity contribution in [3.8, 4) is 0 Å². The standard InChI is InChI=1S/C14H28N2/c1-11-5-4-6-13(7-11)16(3)14-8-12(2)9-15-10-14/h11-15H,4-10H2,1-3H3. The molecule has 4 unspecified atom stereocenters. The fraction of sp³-hybridized carbons (Fsp3) is 1.00. The van der Waals surface area contributed by atoms with Gasteiger partial charge in [0, 0.05) is 18.6 Å². The van der Waals surface area contributed by atoms with Gasteiger partial charge in [-0.05, 0) is 44.7 Å². The molecular weight excluding hydrogens is 196 g/mol. The Hall–Kier alpha value is -0.0800. The highest BCUT2D eigenvalue weighted by atomic mass is 15.2. The van der Waals surface area contributed by atoms with Gasteiger partial charge in [0.05, 0.1) is 0 Å². The number of hydrogen-bond acceptors (Lipinski definition) is 2. The minimum atomic E-state index is 0.777. The van der Waals surface area contributed by atoms with Crippen LogP contribution in [0.1, 0.15) is 46.0 Å². The smallest absolute Gasteiger partial charge is 0.0223 e. The molecule has 0 bridgehead atoms. The van der Waals surface area contributed by atoms with Gasteiger partial charge in [0.25, 0.3) is 0 Å². The van der Waals surface area contributed by atoms with Gasteiger partial charge in [-0.1, -0.05) is 26.7 Å². The van der Waals surface area contributed by atoms with Gasteiger partial charge in [-0.2, -0.15) is 0 Å². The maximum Gasteiger partial charge on any atom is 0.0223 e. The number of hydrogen-bond donors (Lipinski definition) is 1. The summed E-state index contributed by atoms with van der Waals surface area (Å²) in [6.45, 7) is 7.20. The summed E-state index contributed by atoms with van der Waals surface area (Å²) < 4.78 is 0. The fourth-order valence-electron chi connectivity index (χ4n) is 3.51. The molecule has 1 aliphatic carbocycles. The average molecular weight is 224 g/mol. The lowest BCUT2D eigenvalue weighted by Gasteiger charge is -2.42. The van der Waals surface area contributed by atoms with E-state index in [0.29, 0.717) is 0 Å². The molecule has 0 radical (unpaired) electrons. The predicted molar refractivity (Wildman–Crippen MR) is 69.6 cm³/mol. The van der Waals surface area contributed by atoms with Crippen LogP contribution in [-0.4, -0.2) is 37.1 Å². The van der Waals surface area contributed by atoms with Crippen LogP contribution in [-0.2, 0) is 0 Å². The highest BCUT2D eigenvalue weighted by Crippen LogP contribution is 2.29. The van der Waals surface area contributed by atoms with E-state index in [-0.39, 0.29) is 0 Å². The van der Waals surface area contributed by atoms with Crippen LogP contribution in [0.2, 0.25) is 0 Å². The molecule has 1 N–H and O–H groups in total. The van der Waals surface area contributed by atoms with Crippen molar-refractivity contribution in [3.63, 3.8) is 0 Å². The normalized spacial score (nSPS) is 41.2. The minimum Gasteiger partial charge on any atom is -0.315 e. The SMILES string of the molecule is CC1CCCC(N(C)C2CNCC(C)C2)C1. The van der Waals surface area contributed by atoms with E-state index in [2.05, 4.69) is 31.1 Å². The summed E-state index contributed by atoms with van der Waals surface area (Å²) >= 11 is 0. The molecule has 2 nitrogen and oxygen atoms in total. The largest absolute Gasteiger partial charge is 0.315 e. The molecule has 2 rings (SSSR count). The van der Waals surface area contributed by atoms with Crippen LogP contribution in [0.4, 0.5) is 0 Å². The molecule has 1 saturated carbocycles. The number of nitrogens with one attached hydrogen (secondary N) is 1. The fourth-order valence-corrected chi connectivity index (χ4v) is 3.51. The van der Waals surface area contributed by atoms with Gasteiger partial charge < -0.3 is 5.32 Å².